The molecule has 52 valence electrons. The summed E-state index contributed by atoms with van der Waals surface area (Å²) in [5.41, 5.74) is 0. The summed E-state index contributed by atoms with van der Waals surface area (Å²) in [4.78, 5) is 10.6. The number of aliphatic carboxylic acids is 1. The molecule has 5 atom stereocenters. The molecule has 9 heavy (non-hydrogen) atoms. The highest BCUT2D eigenvalue weighted by molar-refractivity contribution is 5.70. The summed E-state index contributed by atoms with van der Waals surface area (Å²) in [7, 11) is 0. The number of nitrogens with one attached hydrogen (secondary N) is 1. The zero-order valence-electron chi connectivity index (χ0n) is 8.74. The van der Waals surface area contributed by atoms with Gasteiger partial charge in [0.2, 0.25) is 0 Å². The Hall–Kier alpha value is -0.570. The van der Waals surface area contributed by atoms with Gasteiger partial charge in [0, 0.05) is 12.0 Å². The average Bonchev–Trinajstić information content (AvgIpc) is 1.99. The van der Waals surface area contributed by atoms with Crippen molar-refractivity contribution in [1.29, 1.82) is 0 Å². The SMILES string of the molecule is [2H]C1NC([2H])C(C(=O)O)C([2H])C1[2H]. The molecule has 1 heterocycles. The summed E-state index contributed by atoms with van der Waals surface area (Å²) >= 11 is 0. The monoisotopic (exact) mass is 133 g/mol. The van der Waals surface area contributed by atoms with E-state index in [-0.39, 0.29) is 0 Å². The van der Waals surface area contributed by atoms with Crippen LogP contribution in [0.15, 0.2) is 0 Å². The summed E-state index contributed by atoms with van der Waals surface area (Å²) in [6.07, 6.45) is -2.31. The molecular formula is C6H11NO2. The van der Waals surface area contributed by atoms with Crippen molar-refractivity contribution in [2.24, 2.45) is 5.92 Å². The summed E-state index contributed by atoms with van der Waals surface area (Å²) in [5.74, 6) is -2.47. The van der Waals surface area contributed by atoms with Gasteiger partial charge in [-0.1, -0.05) is 0 Å². The molecule has 1 aliphatic heterocycles. The van der Waals surface area contributed by atoms with Crippen molar-refractivity contribution in [2.45, 2.75) is 12.8 Å². The highest BCUT2D eigenvalue weighted by Crippen LogP contribution is 2.08. The van der Waals surface area contributed by atoms with Gasteiger partial charge in [-0.15, -0.1) is 0 Å². The molecule has 5 unspecified atom stereocenters. The van der Waals surface area contributed by atoms with Crippen LogP contribution in [0.3, 0.4) is 0 Å². The predicted molar refractivity (Wildman–Crippen MR) is 33.2 cm³/mol. The van der Waals surface area contributed by atoms with E-state index in [0.717, 1.165) is 0 Å². The van der Waals surface area contributed by atoms with Gasteiger partial charge in [-0.25, -0.2) is 0 Å². The van der Waals surface area contributed by atoms with Gasteiger partial charge in [-0.05, 0) is 19.3 Å². The molecule has 0 aliphatic carbocycles. The van der Waals surface area contributed by atoms with E-state index < -0.39 is 37.7 Å². The molecule has 0 bridgehead atoms. The van der Waals surface area contributed by atoms with E-state index in [2.05, 4.69) is 5.32 Å². The second kappa shape index (κ2) is 2.82. The summed E-state index contributed by atoms with van der Waals surface area (Å²) in [6.45, 7) is -2.20. The number of carboxylic acid groups (broad SMARTS) is 1. The maximum atomic E-state index is 10.6. The van der Waals surface area contributed by atoms with Crippen LogP contribution in [0.4, 0.5) is 0 Å². The van der Waals surface area contributed by atoms with Gasteiger partial charge in [-0.3, -0.25) is 4.79 Å². The molecule has 0 spiro atoms. The highest BCUT2D eigenvalue weighted by Gasteiger charge is 2.18. The lowest BCUT2D eigenvalue weighted by molar-refractivity contribution is -0.142. The molecular weight excluding hydrogens is 118 g/mol. The Morgan fingerprint density at radius 2 is 2.67 bits per heavy atom. The van der Waals surface area contributed by atoms with E-state index in [1.807, 2.05) is 0 Å². The van der Waals surface area contributed by atoms with E-state index in [0.29, 0.717) is 0 Å². The van der Waals surface area contributed by atoms with Crippen LogP contribution >= 0.6 is 0 Å². The molecule has 3 heteroatoms. The maximum Gasteiger partial charge on any atom is 0.307 e. The third-order valence-corrected chi connectivity index (χ3v) is 1.07. The zero-order chi connectivity index (χ0) is 10.2. The van der Waals surface area contributed by atoms with Gasteiger partial charge in [0.1, 0.15) is 0 Å². The van der Waals surface area contributed by atoms with Gasteiger partial charge < -0.3 is 10.4 Å². The molecule has 0 saturated carbocycles. The van der Waals surface area contributed by atoms with E-state index in [1.165, 1.54) is 0 Å². The van der Waals surface area contributed by atoms with Crippen LogP contribution < -0.4 is 5.32 Å². The van der Waals surface area contributed by atoms with E-state index in [4.69, 9.17) is 10.6 Å². The summed E-state index contributed by atoms with van der Waals surface area (Å²) < 4.78 is 29.2. The molecule has 2 N–H and O–H groups in total. The van der Waals surface area contributed by atoms with Crippen LogP contribution in [0.5, 0.6) is 0 Å². The van der Waals surface area contributed by atoms with Crippen LogP contribution in [0.2, 0.25) is 0 Å². The van der Waals surface area contributed by atoms with Gasteiger partial charge >= 0.3 is 5.97 Å². The lowest BCUT2D eigenvalue weighted by Gasteiger charge is -2.18. The van der Waals surface area contributed by atoms with Gasteiger partial charge in [0.05, 0.1) is 5.92 Å². The summed E-state index contributed by atoms with van der Waals surface area (Å²) in [5, 5.41) is 11.0. The Balaban J connectivity index is 2.79. The first-order valence-corrected chi connectivity index (χ1v) is 2.63. The third-order valence-electron chi connectivity index (χ3n) is 1.07. The molecule has 1 fully saturated rings. The second-order valence-corrected chi connectivity index (χ2v) is 1.75. The Kier molecular flexibility index (Phi) is 0.945. The van der Waals surface area contributed by atoms with Crippen molar-refractivity contribution >= 4 is 5.97 Å². The molecule has 1 rings (SSSR count). The molecule has 0 aromatic heterocycles. The quantitative estimate of drug-likeness (QED) is 0.532. The fourth-order valence-electron chi connectivity index (χ4n) is 0.599. The van der Waals surface area contributed by atoms with E-state index >= 15 is 0 Å². The van der Waals surface area contributed by atoms with Gasteiger partial charge in [-0.2, -0.15) is 0 Å². The van der Waals surface area contributed by atoms with Gasteiger partial charge in [0.15, 0.2) is 0 Å². The minimum Gasteiger partial charge on any atom is -0.481 e. The van der Waals surface area contributed by atoms with Crippen molar-refractivity contribution < 1.29 is 15.4 Å². The number of carboxylic acids is 1. The molecule has 0 aromatic rings. The Morgan fingerprint density at radius 1 is 1.89 bits per heavy atom. The molecule has 0 amide bonds. The van der Waals surface area contributed by atoms with Crippen molar-refractivity contribution in [1.82, 2.24) is 5.32 Å². The van der Waals surface area contributed by atoms with Crippen LogP contribution in [0, 0.1) is 5.92 Å². The second-order valence-electron chi connectivity index (χ2n) is 1.75. The molecule has 1 saturated heterocycles. The standard InChI is InChI=1S/C6H11NO2/c8-6(9)5-2-1-3-7-4-5/h5,7H,1-4H2,(H,8,9)/i1D,2D,3D,4D. The average molecular weight is 133 g/mol. The first-order valence-electron chi connectivity index (χ1n) is 4.94. The fourth-order valence-corrected chi connectivity index (χ4v) is 0.599. The minimum absolute atomic E-state index is 1.04. The Bertz CT molecular complexity index is 215. The van der Waals surface area contributed by atoms with Crippen LogP contribution in [0.1, 0.15) is 18.3 Å². The lowest BCUT2D eigenvalue weighted by Crippen LogP contribution is -2.34. The smallest absolute Gasteiger partial charge is 0.307 e. The highest BCUT2D eigenvalue weighted by atomic mass is 16.4. The number of hydrogen-bond acceptors (Lipinski definition) is 2. The van der Waals surface area contributed by atoms with Crippen molar-refractivity contribution in [3.63, 3.8) is 0 Å². The third kappa shape index (κ3) is 1.68. The number of carbonyl (C=O) groups is 1. The van der Waals surface area contributed by atoms with Crippen LogP contribution in [0.25, 0.3) is 0 Å². The normalized spacial score (nSPS) is 66.9. The van der Waals surface area contributed by atoms with Crippen LogP contribution in [-0.2, 0) is 4.79 Å². The van der Waals surface area contributed by atoms with E-state index in [1.54, 1.807) is 0 Å². The molecule has 1 aliphatic rings. The van der Waals surface area contributed by atoms with Crippen LogP contribution in [-0.4, -0.2) is 24.1 Å². The zero-order valence-corrected chi connectivity index (χ0v) is 4.74. The topological polar surface area (TPSA) is 49.3 Å². The molecule has 0 radical (unpaired) electrons. The maximum absolute atomic E-state index is 10.6. The van der Waals surface area contributed by atoms with Crippen molar-refractivity contribution in [2.75, 3.05) is 13.0 Å². The van der Waals surface area contributed by atoms with Gasteiger partial charge in [0.25, 0.3) is 0 Å². The Labute approximate surface area is 59.7 Å². The predicted octanol–water partition coefficient (Wildman–Crippen LogP) is 0.0706. The largest absolute Gasteiger partial charge is 0.481 e. The van der Waals surface area contributed by atoms with Crippen molar-refractivity contribution in [3.8, 4) is 0 Å². The number of hydrogen-bond donors (Lipinski definition) is 2. The number of rotatable bonds is 1. The number of piperidine rings is 1. The Morgan fingerprint density at radius 3 is 3.33 bits per heavy atom. The first-order chi connectivity index (χ1) is 5.95. The molecule has 3 nitrogen and oxygen atoms in total. The lowest BCUT2D eigenvalue weighted by atomic mass is 10.0. The molecule has 0 aromatic carbocycles. The fraction of sp³-hybridized carbons (Fsp3) is 0.833. The van der Waals surface area contributed by atoms with Crippen molar-refractivity contribution in [3.05, 3.63) is 0 Å². The van der Waals surface area contributed by atoms with E-state index in [9.17, 15) is 4.79 Å². The summed E-state index contributed by atoms with van der Waals surface area (Å²) in [6, 6.07) is 0. The minimum atomic E-state index is -1.25. The first kappa shape index (κ1) is 3.01.